The SMILES string of the molecule is CCCCCCCC/C=C/c1ccccc1C[P+](c1ccccc1)(c1ccccc1)c1ccccc1.[Br-]. The molecule has 0 aromatic heterocycles. The van der Waals surface area contributed by atoms with Crippen LogP contribution in [-0.4, -0.2) is 0 Å². The number of benzene rings is 4. The Labute approximate surface area is 236 Å². The van der Waals surface area contributed by atoms with Gasteiger partial charge in [0.2, 0.25) is 0 Å². The highest BCUT2D eigenvalue weighted by Gasteiger charge is 2.45. The topological polar surface area (TPSA) is 0 Å². The van der Waals surface area contributed by atoms with E-state index in [1.807, 2.05) is 0 Å². The molecule has 0 saturated carbocycles. The fourth-order valence-electron chi connectivity index (χ4n) is 5.12. The maximum absolute atomic E-state index is 2.40. The van der Waals surface area contributed by atoms with E-state index in [4.69, 9.17) is 0 Å². The van der Waals surface area contributed by atoms with Crippen molar-refractivity contribution >= 4 is 29.3 Å². The van der Waals surface area contributed by atoms with Gasteiger partial charge in [-0.05, 0) is 60.4 Å². The van der Waals surface area contributed by atoms with Gasteiger partial charge in [0.15, 0.2) is 0 Å². The highest BCUT2D eigenvalue weighted by molar-refractivity contribution is 7.95. The molecule has 0 nitrogen and oxygen atoms in total. The first kappa shape index (κ1) is 29.1. The molecule has 192 valence electrons. The number of allylic oxidation sites excluding steroid dienone is 1. The number of unbranched alkanes of at least 4 members (excludes halogenated alkanes) is 6. The summed E-state index contributed by atoms with van der Waals surface area (Å²) in [5.41, 5.74) is 2.79. The van der Waals surface area contributed by atoms with Crippen LogP contribution in [0.4, 0.5) is 0 Å². The first-order chi connectivity index (χ1) is 17.8. The van der Waals surface area contributed by atoms with E-state index in [-0.39, 0.29) is 17.0 Å². The molecule has 0 spiro atoms. The van der Waals surface area contributed by atoms with Crippen LogP contribution in [0, 0.1) is 0 Å². The molecule has 0 bridgehead atoms. The quantitative estimate of drug-likeness (QED) is 0.138. The standard InChI is InChI=1S/C35H40P.BrH/c1-2-3-4-5-6-7-8-12-21-31-22-19-20-23-32(31)30-36(33-24-13-9-14-25-33,34-26-15-10-16-27-34)35-28-17-11-18-29-35;/h9-29H,2-8,30H2,1H3;1H/q+1;/p-1/b21-12+;. The van der Waals surface area contributed by atoms with Gasteiger partial charge in [0.25, 0.3) is 0 Å². The van der Waals surface area contributed by atoms with Crippen molar-refractivity contribution in [2.24, 2.45) is 0 Å². The van der Waals surface area contributed by atoms with Crippen LogP contribution in [-0.2, 0) is 6.16 Å². The Kier molecular flexibility index (Phi) is 12.3. The van der Waals surface area contributed by atoms with E-state index >= 15 is 0 Å². The lowest BCUT2D eigenvalue weighted by molar-refractivity contribution is -0.00000717. The number of halogens is 1. The Balaban J connectivity index is 0.00000380. The van der Waals surface area contributed by atoms with E-state index in [9.17, 15) is 0 Å². The first-order valence-electron chi connectivity index (χ1n) is 13.6. The molecule has 0 aliphatic heterocycles. The van der Waals surface area contributed by atoms with Gasteiger partial charge in [-0.25, -0.2) is 0 Å². The summed E-state index contributed by atoms with van der Waals surface area (Å²) in [6.45, 7) is 2.28. The maximum atomic E-state index is 2.40. The van der Waals surface area contributed by atoms with E-state index in [0.717, 1.165) is 12.6 Å². The molecule has 4 aromatic carbocycles. The van der Waals surface area contributed by atoms with Gasteiger partial charge in [-0.3, -0.25) is 0 Å². The molecule has 0 fully saturated rings. The van der Waals surface area contributed by atoms with Gasteiger partial charge in [0, 0.05) is 0 Å². The third-order valence-corrected chi connectivity index (χ3v) is 11.4. The average Bonchev–Trinajstić information content (AvgIpc) is 2.95. The van der Waals surface area contributed by atoms with E-state index in [2.05, 4.69) is 134 Å². The molecule has 0 heterocycles. The van der Waals surface area contributed by atoms with Crippen LogP contribution >= 0.6 is 7.26 Å². The summed E-state index contributed by atoms with van der Waals surface area (Å²) in [6, 6.07) is 42.6. The zero-order chi connectivity index (χ0) is 24.9. The lowest BCUT2D eigenvalue weighted by atomic mass is 10.1. The van der Waals surface area contributed by atoms with Crippen LogP contribution in [0.3, 0.4) is 0 Å². The normalized spacial score (nSPS) is 11.4. The number of rotatable bonds is 13. The van der Waals surface area contributed by atoms with Gasteiger partial charge >= 0.3 is 0 Å². The molecule has 4 aromatic rings. The largest absolute Gasteiger partial charge is 1.00 e. The van der Waals surface area contributed by atoms with Crippen molar-refractivity contribution in [3.05, 3.63) is 132 Å². The molecule has 0 saturated heterocycles. The van der Waals surface area contributed by atoms with E-state index < -0.39 is 7.26 Å². The molecule has 0 unspecified atom stereocenters. The molecule has 0 aliphatic rings. The fraction of sp³-hybridized carbons (Fsp3) is 0.257. The summed E-state index contributed by atoms with van der Waals surface area (Å²) in [4.78, 5) is 0. The zero-order valence-corrected chi connectivity index (χ0v) is 24.6. The molecular formula is C35H40BrP. The number of hydrogen-bond acceptors (Lipinski definition) is 0. The molecule has 37 heavy (non-hydrogen) atoms. The Bertz CT molecular complexity index is 1090. The van der Waals surface area contributed by atoms with E-state index in [0.29, 0.717) is 0 Å². The predicted molar refractivity (Wildman–Crippen MR) is 162 cm³/mol. The summed E-state index contributed by atoms with van der Waals surface area (Å²) in [6.07, 6.45) is 15.0. The first-order valence-corrected chi connectivity index (χ1v) is 15.6. The van der Waals surface area contributed by atoms with Crippen LogP contribution in [0.1, 0.15) is 63.0 Å². The third-order valence-electron chi connectivity index (χ3n) is 7.08. The van der Waals surface area contributed by atoms with Crippen molar-refractivity contribution in [2.75, 3.05) is 0 Å². The van der Waals surface area contributed by atoms with Crippen LogP contribution < -0.4 is 32.9 Å². The van der Waals surface area contributed by atoms with E-state index in [1.54, 1.807) is 0 Å². The lowest BCUT2D eigenvalue weighted by Gasteiger charge is -2.28. The van der Waals surface area contributed by atoms with Gasteiger partial charge in [0.05, 0.1) is 6.16 Å². The van der Waals surface area contributed by atoms with Crippen LogP contribution in [0.25, 0.3) is 6.08 Å². The molecule has 0 atom stereocenters. The highest BCUT2D eigenvalue weighted by atomic mass is 79.9. The van der Waals surface area contributed by atoms with Crippen LogP contribution in [0.5, 0.6) is 0 Å². The Morgan fingerprint density at radius 2 is 1.00 bits per heavy atom. The van der Waals surface area contributed by atoms with Crippen LogP contribution in [0.15, 0.2) is 121 Å². The molecule has 0 aliphatic carbocycles. The monoisotopic (exact) mass is 570 g/mol. The summed E-state index contributed by atoms with van der Waals surface area (Å²) in [5.74, 6) is 0. The Morgan fingerprint density at radius 3 is 1.54 bits per heavy atom. The third kappa shape index (κ3) is 7.76. The average molecular weight is 572 g/mol. The lowest BCUT2D eigenvalue weighted by Crippen LogP contribution is -3.00. The van der Waals surface area contributed by atoms with Gasteiger partial charge in [-0.15, -0.1) is 0 Å². The summed E-state index contributed by atoms with van der Waals surface area (Å²) in [7, 11) is -1.90. The van der Waals surface area contributed by atoms with Gasteiger partial charge in [-0.2, -0.15) is 0 Å². The fourth-order valence-corrected chi connectivity index (χ4v) is 9.40. The summed E-state index contributed by atoms with van der Waals surface area (Å²) < 4.78 is 0. The summed E-state index contributed by atoms with van der Waals surface area (Å²) >= 11 is 0. The second-order valence-electron chi connectivity index (χ2n) is 9.63. The summed E-state index contributed by atoms with van der Waals surface area (Å²) in [5, 5.41) is 4.31. The zero-order valence-electron chi connectivity index (χ0n) is 22.1. The number of hydrogen-bond donors (Lipinski definition) is 0. The maximum Gasteiger partial charge on any atom is 0.116 e. The smallest absolute Gasteiger partial charge is 0.116 e. The Morgan fingerprint density at radius 1 is 0.541 bits per heavy atom. The highest BCUT2D eigenvalue weighted by Crippen LogP contribution is 2.58. The molecule has 2 heteroatoms. The molecule has 0 N–H and O–H groups in total. The van der Waals surface area contributed by atoms with Gasteiger partial charge in [0.1, 0.15) is 23.2 Å². The van der Waals surface area contributed by atoms with Gasteiger partial charge in [-0.1, -0.05) is 130 Å². The van der Waals surface area contributed by atoms with Crippen LogP contribution in [0.2, 0.25) is 0 Å². The Hall–Kier alpha value is -2.47. The minimum atomic E-state index is -1.90. The molecule has 4 rings (SSSR count). The van der Waals surface area contributed by atoms with Crippen molar-refractivity contribution in [1.29, 1.82) is 0 Å². The van der Waals surface area contributed by atoms with E-state index in [1.165, 1.54) is 65.6 Å². The minimum Gasteiger partial charge on any atom is -1.00 e. The van der Waals surface area contributed by atoms with Crippen molar-refractivity contribution < 1.29 is 17.0 Å². The molecule has 0 amide bonds. The second-order valence-corrected chi connectivity index (χ2v) is 13.1. The second kappa shape index (κ2) is 15.7. The predicted octanol–water partition coefficient (Wildman–Crippen LogP) is 5.95. The van der Waals surface area contributed by atoms with Crippen molar-refractivity contribution in [1.82, 2.24) is 0 Å². The van der Waals surface area contributed by atoms with Crippen molar-refractivity contribution in [3.63, 3.8) is 0 Å². The molecular weight excluding hydrogens is 531 g/mol. The molecule has 0 radical (unpaired) electrons. The minimum absolute atomic E-state index is 0. The van der Waals surface area contributed by atoms with Crippen molar-refractivity contribution in [2.45, 2.75) is 58.0 Å². The van der Waals surface area contributed by atoms with Gasteiger partial charge < -0.3 is 17.0 Å². The van der Waals surface area contributed by atoms with Crippen molar-refractivity contribution in [3.8, 4) is 0 Å².